The third-order valence-electron chi connectivity index (χ3n) is 4.24. The Balaban J connectivity index is 1.48. The van der Waals surface area contributed by atoms with Gasteiger partial charge in [0.05, 0.1) is 6.61 Å². The predicted molar refractivity (Wildman–Crippen MR) is 83.8 cm³/mol. The van der Waals surface area contributed by atoms with E-state index in [1.54, 1.807) is 6.20 Å². The molecule has 0 atom stereocenters. The largest absolute Gasteiger partial charge is 0.478 e. The van der Waals surface area contributed by atoms with Gasteiger partial charge in [0.1, 0.15) is 0 Å². The molecule has 21 heavy (non-hydrogen) atoms. The summed E-state index contributed by atoms with van der Waals surface area (Å²) in [6.45, 7) is 6.09. The molecular formula is C16H26N4O. The van der Waals surface area contributed by atoms with Gasteiger partial charge in [-0.05, 0) is 44.6 Å². The molecule has 116 valence electrons. The fourth-order valence-electron chi connectivity index (χ4n) is 2.73. The van der Waals surface area contributed by atoms with E-state index >= 15 is 0 Å². The van der Waals surface area contributed by atoms with E-state index in [1.165, 1.54) is 32.2 Å². The summed E-state index contributed by atoms with van der Waals surface area (Å²) in [6.07, 6.45) is 7.99. The quantitative estimate of drug-likeness (QED) is 0.834. The lowest BCUT2D eigenvalue weighted by molar-refractivity contribution is 0.304. The van der Waals surface area contributed by atoms with Crippen LogP contribution in [0.4, 0.5) is 5.95 Å². The molecule has 0 aromatic carbocycles. The maximum Gasteiger partial charge on any atom is 0.228 e. The highest BCUT2D eigenvalue weighted by molar-refractivity contribution is 5.32. The summed E-state index contributed by atoms with van der Waals surface area (Å²) < 4.78 is 5.59. The molecule has 2 heterocycles. The van der Waals surface area contributed by atoms with E-state index < -0.39 is 0 Å². The van der Waals surface area contributed by atoms with Crippen LogP contribution in [0.3, 0.4) is 0 Å². The number of anilines is 1. The summed E-state index contributed by atoms with van der Waals surface area (Å²) in [7, 11) is 0. The number of hydrogen-bond acceptors (Lipinski definition) is 5. The van der Waals surface area contributed by atoms with Crippen LogP contribution in [-0.4, -0.2) is 42.3 Å². The van der Waals surface area contributed by atoms with Crippen LogP contribution < -0.4 is 15.0 Å². The first kappa shape index (κ1) is 14.6. The van der Waals surface area contributed by atoms with Gasteiger partial charge in [0.25, 0.3) is 0 Å². The molecule has 1 aliphatic heterocycles. The number of nitrogens with one attached hydrogen (secondary N) is 1. The van der Waals surface area contributed by atoms with Crippen molar-refractivity contribution in [2.75, 3.05) is 31.1 Å². The summed E-state index contributed by atoms with van der Waals surface area (Å²) in [5, 5.41) is 3.64. The van der Waals surface area contributed by atoms with E-state index in [9.17, 15) is 0 Å². The van der Waals surface area contributed by atoms with Crippen molar-refractivity contribution >= 4 is 5.95 Å². The molecule has 0 bridgehead atoms. The fraction of sp³-hybridized carbons (Fsp3) is 0.750. The van der Waals surface area contributed by atoms with Gasteiger partial charge >= 0.3 is 0 Å². The number of rotatable bonds is 7. The summed E-state index contributed by atoms with van der Waals surface area (Å²) in [6, 6.07) is 2.66. The van der Waals surface area contributed by atoms with Crippen LogP contribution >= 0.6 is 0 Å². The summed E-state index contributed by atoms with van der Waals surface area (Å²) >= 11 is 0. The lowest BCUT2D eigenvalue weighted by Gasteiger charge is -2.32. The van der Waals surface area contributed by atoms with Crippen LogP contribution in [0.15, 0.2) is 12.3 Å². The molecule has 1 saturated heterocycles. The Bertz CT molecular complexity index is 442. The fourth-order valence-corrected chi connectivity index (χ4v) is 2.73. The minimum absolute atomic E-state index is 0.694. The smallest absolute Gasteiger partial charge is 0.228 e. The van der Waals surface area contributed by atoms with Crippen molar-refractivity contribution < 1.29 is 4.74 Å². The Hall–Kier alpha value is -1.36. The van der Waals surface area contributed by atoms with E-state index in [0.29, 0.717) is 12.5 Å². The number of ether oxygens (including phenoxy) is 1. The van der Waals surface area contributed by atoms with Gasteiger partial charge in [-0.15, -0.1) is 0 Å². The highest BCUT2D eigenvalue weighted by Crippen LogP contribution is 2.23. The van der Waals surface area contributed by atoms with Crippen molar-refractivity contribution in [2.24, 2.45) is 5.92 Å². The Morgan fingerprint density at radius 2 is 2.10 bits per heavy atom. The van der Waals surface area contributed by atoms with Crippen LogP contribution in [0.25, 0.3) is 0 Å². The van der Waals surface area contributed by atoms with E-state index in [2.05, 4.69) is 27.1 Å². The average molecular weight is 290 g/mol. The third-order valence-corrected chi connectivity index (χ3v) is 4.24. The predicted octanol–water partition coefficient (Wildman–Crippen LogP) is 2.23. The van der Waals surface area contributed by atoms with E-state index in [-0.39, 0.29) is 0 Å². The average Bonchev–Trinajstić information content (AvgIpc) is 3.36. The lowest BCUT2D eigenvalue weighted by atomic mass is 9.97. The molecule has 0 spiro atoms. The van der Waals surface area contributed by atoms with Gasteiger partial charge in [-0.3, -0.25) is 0 Å². The number of aromatic nitrogens is 2. The van der Waals surface area contributed by atoms with Crippen LogP contribution in [0.2, 0.25) is 0 Å². The molecule has 1 saturated carbocycles. The van der Waals surface area contributed by atoms with Gasteiger partial charge in [-0.1, -0.05) is 6.92 Å². The first-order chi connectivity index (χ1) is 10.3. The first-order valence-electron chi connectivity index (χ1n) is 8.29. The van der Waals surface area contributed by atoms with Crippen molar-refractivity contribution in [3.05, 3.63) is 12.3 Å². The maximum absolute atomic E-state index is 5.59. The summed E-state index contributed by atoms with van der Waals surface area (Å²) in [5.74, 6) is 2.32. The van der Waals surface area contributed by atoms with Gasteiger partial charge in [0.15, 0.2) is 0 Å². The molecule has 5 heteroatoms. The summed E-state index contributed by atoms with van der Waals surface area (Å²) in [4.78, 5) is 11.2. The van der Waals surface area contributed by atoms with Crippen LogP contribution in [-0.2, 0) is 0 Å². The van der Waals surface area contributed by atoms with Crippen LogP contribution in [0.1, 0.15) is 39.0 Å². The van der Waals surface area contributed by atoms with Gasteiger partial charge < -0.3 is 15.0 Å². The van der Waals surface area contributed by atoms with E-state index in [0.717, 1.165) is 37.4 Å². The Morgan fingerprint density at radius 3 is 2.81 bits per heavy atom. The van der Waals surface area contributed by atoms with E-state index in [1.807, 2.05) is 6.07 Å². The lowest BCUT2D eigenvalue weighted by Crippen LogP contribution is -2.38. The van der Waals surface area contributed by atoms with Gasteiger partial charge in [0, 0.05) is 31.4 Å². The standard InChI is InChI=1S/C16H26N4O/c1-2-11-21-15-5-8-17-16(19-15)20-9-6-13(7-10-20)12-18-14-3-4-14/h5,8,13-14,18H,2-4,6-7,9-12H2,1H3. The molecular weight excluding hydrogens is 264 g/mol. The normalized spacial score (nSPS) is 19.8. The zero-order chi connectivity index (χ0) is 14.5. The minimum Gasteiger partial charge on any atom is -0.478 e. The molecule has 0 unspecified atom stereocenters. The van der Waals surface area contributed by atoms with E-state index in [4.69, 9.17) is 4.74 Å². The maximum atomic E-state index is 5.59. The van der Waals surface area contributed by atoms with Gasteiger partial charge in [-0.2, -0.15) is 4.98 Å². The van der Waals surface area contributed by atoms with Gasteiger partial charge in [-0.25, -0.2) is 4.98 Å². The van der Waals surface area contributed by atoms with Crippen molar-refractivity contribution in [3.8, 4) is 5.88 Å². The molecule has 1 aromatic heterocycles. The highest BCUT2D eigenvalue weighted by atomic mass is 16.5. The van der Waals surface area contributed by atoms with Crippen LogP contribution in [0, 0.1) is 5.92 Å². The molecule has 3 rings (SSSR count). The topological polar surface area (TPSA) is 50.3 Å². The number of piperidine rings is 1. The number of hydrogen-bond donors (Lipinski definition) is 1. The van der Waals surface area contributed by atoms with Crippen molar-refractivity contribution in [2.45, 2.75) is 45.1 Å². The van der Waals surface area contributed by atoms with Crippen LogP contribution in [0.5, 0.6) is 5.88 Å². The molecule has 0 radical (unpaired) electrons. The molecule has 1 N–H and O–H groups in total. The second-order valence-corrected chi connectivity index (χ2v) is 6.16. The molecule has 1 aliphatic carbocycles. The second-order valence-electron chi connectivity index (χ2n) is 6.16. The van der Waals surface area contributed by atoms with Gasteiger partial charge in [0.2, 0.25) is 11.8 Å². The molecule has 2 aliphatic rings. The van der Waals surface area contributed by atoms with Crippen molar-refractivity contribution in [1.82, 2.24) is 15.3 Å². The Labute approximate surface area is 127 Å². The first-order valence-corrected chi connectivity index (χ1v) is 8.29. The van der Waals surface area contributed by atoms with Crippen molar-refractivity contribution in [3.63, 3.8) is 0 Å². The minimum atomic E-state index is 0.694. The third kappa shape index (κ3) is 4.30. The Morgan fingerprint density at radius 1 is 1.29 bits per heavy atom. The zero-order valence-electron chi connectivity index (χ0n) is 12.9. The molecule has 2 fully saturated rings. The highest BCUT2D eigenvalue weighted by Gasteiger charge is 2.25. The molecule has 1 aromatic rings. The van der Waals surface area contributed by atoms with Crippen molar-refractivity contribution in [1.29, 1.82) is 0 Å². The SMILES string of the molecule is CCCOc1ccnc(N2CCC(CNC3CC3)CC2)n1. The molecule has 5 nitrogen and oxygen atoms in total. The Kier molecular flexibility index (Phi) is 4.91. The zero-order valence-corrected chi connectivity index (χ0v) is 12.9. The summed E-state index contributed by atoms with van der Waals surface area (Å²) in [5.41, 5.74) is 0. The second kappa shape index (κ2) is 7.07. The monoisotopic (exact) mass is 290 g/mol. The number of nitrogens with zero attached hydrogens (tertiary/aromatic N) is 3. The molecule has 0 amide bonds.